The van der Waals surface area contributed by atoms with Gasteiger partial charge in [0.25, 0.3) is 0 Å². The molecule has 2 amide bonds. The Morgan fingerprint density at radius 2 is 1.74 bits per heavy atom. The van der Waals surface area contributed by atoms with Crippen LogP contribution >= 0.6 is 0 Å². The van der Waals surface area contributed by atoms with Crippen molar-refractivity contribution >= 4 is 12.0 Å². The molecule has 3 rings (SSSR count). The summed E-state index contributed by atoms with van der Waals surface area (Å²) in [6, 6.07) is 0. The van der Waals surface area contributed by atoms with Crippen molar-refractivity contribution in [1.29, 1.82) is 0 Å². The molecule has 2 saturated heterocycles. The van der Waals surface area contributed by atoms with Gasteiger partial charge in [0.05, 0.1) is 24.7 Å². The lowest BCUT2D eigenvalue weighted by Crippen LogP contribution is -2.59. The van der Waals surface area contributed by atoms with Crippen molar-refractivity contribution in [2.45, 2.75) is 83.8 Å². The van der Waals surface area contributed by atoms with Crippen LogP contribution in [0, 0.1) is 11.8 Å². The summed E-state index contributed by atoms with van der Waals surface area (Å²) in [7, 11) is 0. The lowest BCUT2D eigenvalue weighted by molar-refractivity contribution is -0.141. The van der Waals surface area contributed by atoms with Crippen molar-refractivity contribution in [1.82, 2.24) is 15.1 Å². The van der Waals surface area contributed by atoms with E-state index in [1.165, 1.54) is 6.42 Å². The third kappa shape index (κ3) is 7.07. The Hall–Kier alpha value is -1.34. The molecule has 7 nitrogen and oxygen atoms in total. The largest absolute Gasteiger partial charge is 0.444 e. The topological polar surface area (TPSA) is 71.1 Å². The number of alkyl carbamates (subject to hydrolysis) is 1. The number of hydrogen-bond acceptors (Lipinski definition) is 5. The average molecular weight is 438 g/mol. The van der Waals surface area contributed by atoms with Crippen molar-refractivity contribution < 1.29 is 19.1 Å². The van der Waals surface area contributed by atoms with E-state index in [1.54, 1.807) is 0 Å². The third-order valence-corrected chi connectivity index (χ3v) is 7.18. The molecule has 1 saturated carbocycles. The second-order valence-corrected chi connectivity index (χ2v) is 10.9. The normalized spacial score (nSPS) is 28.9. The Labute approximate surface area is 188 Å². The summed E-state index contributed by atoms with van der Waals surface area (Å²) in [4.78, 5) is 30.5. The summed E-state index contributed by atoms with van der Waals surface area (Å²) in [5, 5.41) is 3.06. The van der Waals surface area contributed by atoms with Crippen LogP contribution in [0.2, 0.25) is 0 Å². The fourth-order valence-corrected chi connectivity index (χ4v) is 5.27. The Bertz CT molecular complexity index is 606. The van der Waals surface area contributed by atoms with Crippen LogP contribution in [0.1, 0.15) is 72.6 Å². The molecule has 0 aromatic carbocycles. The minimum atomic E-state index is -0.544. The molecule has 0 bridgehead atoms. The zero-order valence-electron chi connectivity index (χ0n) is 20.1. The Kier molecular flexibility index (Phi) is 8.25. The average Bonchev–Trinajstić information content (AvgIpc) is 2.71. The van der Waals surface area contributed by atoms with E-state index < -0.39 is 17.2 Å². The molecular formula is C24H43N3O4. The number of nitrogens with zero attached hydrogens (tertiary/aromatic N) is 2. The third-order valence-electron chi connectivity index (χ3n) is 7.18. The number of morpholine rings is 1. The van der Waals surface area contributed by atoms with Crippen LogP contribution in [-0.2, 0) is 14.3 Å². The van der Waals surface area contributed by atoms with Gasteiger partial charge in [-0.1, -0.05) is 12.8 Å². The molecule has 0 spiro atoms. The Balaban J connectivity index is 1.50. The molecule has 178 valence electrons. The van der Waals surface area contributed by atoms with Crippen molar-refractivity contribution in [3.8, 4) is 0 Å². The molecule has 31 heavy (non-hydrogen) atoms. The highest BCUT2D eigenvalue weighted by Gasteiger charge is 2.44. The predicted molar refractivity (Wildman–Crippen MR) is 121 cm³/mol. The second-order valence-electron chi connectivity index (χ2n) is 10.9. The standard InChI is InChI=1S/C24H43N3O4/c1-23(2,3)31-22(29)25-24(4)11-6-5-7-20(24)21(28)27-13-9-19(10-14-27)8-12-26-15-17-30-18-16-26/h19-20H,5-18H2,1-4H3,(H,25,29)/t20-,24+/m0/s1. The van der Waals surface area contributed by atoms with Gasteiger partial charge in [0.1, 0.15) is 5.60 Å². The van der Waals surface area contributed by atoms with Gasteiger partial charge in [-0.05, 0) is 72.3 Å². The first-order valence-electron chi connectivity index (χ1n) is 12.3. The molecule has 2 atom stereocenters. The smallest absolute Gasteiger partial charge is 0.408 e. The van der Waals surface area contributed by atoms with Crippen LogP contribution in [0.25, 0.3) is 0 Å². The van der Waals surface area contributed by atoms with E-state index in [0.717, 1.165) is 84.5 Å². The number of rotatable bonds is 5. The maximum atomic E-state index is 13.5. The summed E-state index contributed by atoms with van der Waals surface area (Å²) < 4.78 is 10.9. The number of ether oxygens (including phenoxy) is 2. The lowest BCUT2D eigenvalue weighted by Gasteiger charge is -2.44. The summed E-state index contributed by atoms with van der Waals surface area (Å²) in [6.45, 7) is 14.2. The zero-order valence-corrected chi connectivity index (χ0v) is 20.1. The highest BCUT2D eigenvalue weighted by atomic mass is 16.6. The number of carbonyl (C=O) groups is 2. The minimum Gasteiger partial charge on any atom is -0.444 e. The molecule has 1 N–H and O–H groups in total. The molecule has 7 heteroatoms. The maximum absolute atomic E-state index is 13.5. The van der Waals surface area contributed by atoms with Crippen molar-refractivity contribution in [3.63, 3.8) is 0 Å². The van der Waals surface area contributed by atoms with Crippen LogP contribution in [-0.4, -0.2) is 78.9 Å². The van der Waals surface area contributed by atoms with E-state index in [2.05, 4.69) is 15.1 Å². The van der Waals surface area contributed by atoms with Gasteiger partial charge in [-0.15, -0.1) is 0 Å². The van der Waals surface area contributed by atoms with Crippen LogP contribution < -0.4 is 5.32 Å². The monoisotopic (exact) mass is 437 g/mol. The molecule has 1 aliphatic carbocycles. The van der Waals surface area contributed by atoms with Crippen LogP contribution in [0.3, 0.4) is 0 Å². The number of carbonyl (C=O) groups excluding carboxylic acids is 2. The molecule has 3 aliphatic rings. The first-order chi connectivity index (χ1) is 14.7. The van der Waals surface area contributed by atoms with Crippen LogP contribution in [0.4, 0.5) is 4.79 Å². The van der Waals surface area contributed by atoms with Gasteiger partial charge in [-0.3, -0.25) is 9.69 Å². The van der Waals surface area contributed by atoms with Crippen LogP contribution in [0.5, 0.6) is 0 Å². The molecule has 2 aliphatic heterocycles. The fourth-order valence-electron chi connectivity index (χ4n) is 5.27. The van der Waals surface area contributed by atoms with E-state index in [9.17, 15) is 9.59 Å². The van der Waals surface area contributed by atoms with E-state index in [1.807, 2.05) is 27.7 Å². The Morgan fingerprint density at radius 1 is 1.06 bits per heavy atom. The van der Waals surface area contributed by atoms with Crippen molar-refractivity contribution in [2.24, 2.45) is 11.8 Å². The molecule has 0 aromatic heterocycles. The van der Waals surface area contributed by atoms with Gasteiger partial charge < -0.3 is 19.7 Å². The zero-order chi connectivity index (χ0) is 22.5. The number of amides is 2. The first kappa shape index (κ1) is 24.3. The first-order valence-corrected chi connectivity index (χ1v) is 12.3. The summed E-state index contributed by atoms with van der Waals surface area (Å²) >= 11 is 0. The molecule has 3 fully saturated rings. The summed E-state index contributed by atoms with van der Waals surface area (Å²) in [5.41, 5.74) is -1.08. The maximum Gasteiger partial charge on any atom is 0.408 e. The van der Waals surface area contributed by atoms with E-state index in [-0.39, 0.29) is 11.8 Å². The quantitative estimate of drug-likeness (QED) is 0.714. The molecule has 0 unspecified atom stereocenters. The predicted octanol–water partition coefficient (Wildman–Crippen LogP) is 3.42. The van der Waals surface area contributed by atoms with E-state index >= 15 is 0 Å². The number of piperidine rings is 1. The highest BCUT2D eigenvalue weighted by molar-refractivity contribution is 5.81. The molecule has 2 heterocycles. The van der Waals surface area contributed by atoms with Crippen LogP contribution in [0.15, 0.2) is 0 Å². The molecular weight excluding hydrogens is 394 g/mol. The molecule has 0 radical (unpaired) electrons. The van der Waals surface area contributed by atoms with Crippen molar-refractivity contribution in [3.05, 3.63) is 0 Å². The number of nitrogens with one attached hydrogen (secondary N) is 1. The van der Waals surface area contributed by atoms with Gasteiger partial charge in [-0.2, -0.15) is 0 Å². The SMILES string of the molecule is CC(C)(C)OC(=O)N[C@]1(C)CCCC[C@H]1C(=O)N1CCC(CCN2CCOCC2)CC1. The summed E-state index contributed by atoms with van der Waals surface area (Å²) in [5.74, 6) is 0.744. The van der Waals surface area contributed by atoms with Crippen molar-refractivity contribution in [2.75, 3.05) is 45.9 Å². The highest BCUT2D eigenvalue weighted by Crippen LogP contribution is 2.36. The lowest BCUT2D eigenvalue weighted by atomic mass is 9.73. The Morgan fingerprint density at radius 3 is 2.39 bits per heavy atom. The van der Waals surface area contributed by atoms with E-state index in [4.69, 9.17) is 9.47 Å². The minimum absolute atomic E-state index is 0.168. The number of likely N-dealkylation sites (tertiary alicyclic amines) is 1. The molecule has 0 aromatic rings. The summed E-state index contributed by atoms with van der Waals surface area (Å²) in [6.07, 6.45) is 6.68. The van der Waals surface area contributed by atoms with Gasteiger partial charge in [0, 0.05) is 26.2 Å². The fraction of sp³-hybridized carbons (Fsp3) is 0.917. The second kappa shape index (κ2) is 10.5. The van der Waals surface area contributed by atoms with Gasteiger partial charge in [0.15, 0.2) is 0 Å². The van der Waals surface area contributed by atoms with Gasteiger partial charge in [0.2, 0.25) is 5.91 Å². The van der Waals surface area contributed by atoms with Gasteiger partial charge >= 0.3 is 6.09 Å². The van der Waals surface area contributed by atoms with Gasteiger partial charge in [-0.25, -0.2) is 4.79 Å². The van der Waals surface area contributed by atoms with E-state index in [0.29, 0.717) is 5.92 Å². The number of hydrogen-bond donors (Lipinski definition) is 1.